The Hall–Kier alpha value is -2.84. The molecule has 0 bridgehead atoms. The summed E-state index contributed by atoms with van der Waals surface area (Å²) in [4.78, 5) is 19.8. The normalized spacial score (nSPS) is 10.3. The summed E-state index contributed by atoms with van der Waals surface area (Å²) in [6, 6.07) is 10.2. The van der Waals surface area contributed by atoms with Crippen molar-refractivity contribution >= 4 is 17.3 Å². The van der Waals surface area contributed by atoms with E-state index < -0.39 is 0 Å². The smallest absolute Gasteiger partial charge is 0.280 e. The van der Waals surface area contributed by atoms with Gasteiger partial charge in [0.25, 0.3) is 5.56 Å². The highest BCUT2D eigenvalue weighted by Gasteiger charge is 2.10. The minimum Gasteiger partial charge on any atom is -0.296 e. The van der Waals surface area contributed by atoms with E-state index in [2.05, 4.69) is 14.9 Å². The number of hydrogen-bond acceptors (Lipinski definition) is 2. The lowest BCUT2D eigenvalue weighted by Crippen LogP contribution is -2.16. The number of aromatic amines is 1. The zero-order valence-electron chi connectivity index (χ0n) is 10.7. The Morgan fingerprint density at radius 1 is 1.19 bits per heavy atom. The van der Waals surface area contributed by atoms with Crippen LogP contribution < -0.4 is 5.56 Å². The zero-order chi connectivity index (χ0) is 14.8. The molecule has 0 saturated carbocycles. The molecule has 0 radical (unpaired) electrons. The Balaban J connectivity index is 2.04. The molecule has 0 saturated heterocycles. The third kappa shape index (κ3) is 2.45. The summed E-state index contributed by atoms with van der Waals surface area (Å²) >= 11 is 5.78. The average Bonchev–Trinajstić information content (AvgIpc) is 2.90. The van der Waals surface area contributed by atoms with Crippen LogP contribution in [0.5, 0.6) is 0 Å². The first-order valence-corrected chi connectivity index (χ1v) is 6.47. The Bertz CT molecular complexity index is 870. The summed E-state index contributed by atoms with van der Waals surface area (Å²) < 4.78 is 1.34. The average molecular weight is 297 g/mol. The van der Waals surface area contributed by atoms with Gasteiger partial charge in [-0.25, -0.2) is 14.5 Å². The molecule has 0 aliphatic carbocycles. The molecule has 0 aliphatic heterocycles. The van der Waals surface area contributed by atoms with E-state index in [-0.39, 0.29) is 5.56 Å². The highest BCUT2D eigenvalue weighted by Crippen LogP contribution is 2.20. The maximum atomic E-state index is 12.4. The Morgan fingerprint density at radius 3 is 2.57 bits per heavy atom. The SMILES string of the molecule is [C-]#[N+]c1ccc(-c2c[nH]n(-c3ccc(Cl)cn3)c2=O)cc1. The van der Waals surface area contributed by atoms with Gasteiger partial charge in [0, 0.05) is 12.4 Å². The number of rotatable bonds is 2. The molecular weight excluding hydrogens is 288 g/mol. The summed E-state index contributed by atoms with van der Waals surface area (Å²) in [5.74, 6) is 0.466. The zero-order valence-corrected chi connectivity index (χ0v) is 11.5. The van der Waals surface area contributed by atoms with Crippen molar-refractivity contribution in [2.45, 2.75) is 0 Å². The van der Waals surface area contributed by atoms with Gasteiger partial charge < -0.3 is 0 Å². The predicted octanol–water partition coefficient (Wildman–Crippen LogP) is 3.43. The van der Waals surface area contributed by atoms with Gasteiger partial charge in [-0.2, -0.15) is 0 Å². The molecule has 1 aromatic carbocycles. The molecule has 3 rings (SSSR count). The van der Waals surface area contributed by atoms with Crippen molar-refractivity contribution in [2.75, 3.05) is 0 Å². The first kappa shape index (κ1) is 13.2. The van der Waals surface area contributed by atoms with Crippen LogP contribution in [0.2, 0.25) is 5.02 Å². The second-order valence-corrected chi connectivity index (χ2v) is 4.76. The van der Waals surface area contributed by atoms with Crippen molar-refractivity contribution < 1.29 is 0 Å². The van der Waals surface area contributed by atoms with E-state index in [1.54, 1.807) is 42.6 Å². The van der Waals surface area contributed by atoms with Crippen molar-refractivity contribution in [3.63, 3.8) is 0 Å². The highest BCUT2D eigenvalue weighted by atomic mass is 35.5. The van der Waals surface area contributed by atoms with E-state index in [0.29, 0.717) is 22.1 Å². The molecule has 0 aliphatic rings. The molecule has 0 spiro atoms. The molecule has 0 atom stereocenters. The van der Waals surface area contributed by atoms with Crippen LogP contribution in [0.15, 0.2) is 53.6 Å². The molecule has 102 valence electrons. The van der Waals surface area contributed by atoms with E-state index in [4.69, 9.17) is 18.2 Å². The van der Waals surface area contributed by atoms with E-state index in [1.165, 1.54) is 10.9 Å². The van der Waals surface area contributed by atoms with Crippen LogP contribution in [0.25, 0.3) is 21.8 Å². The van der Waals surface area contributed by atoms with E-state index >= 15 is 0 Å². The number of halogens is 1. The number of H-pyrrole nitrogens is 1. The molecule has 3 aromatic rings. The number of benzene rings is 1. The van der Waals surface area contributed by atoms with Crippen LogP contribution in [-0.2, 0) is 0 Å². The molecular formula is C15H9ClN4O. The molecule has 21 heavy (non-hydrogen) atoms. The summed E-state index contributed by atoms with van der Waals surface area (Å²) in [6.45, 7) is 6.93. The van der Waals surface area contributed by atoms with Crippen LogP contribution in [0.4, 0.5) is 5.69 Å². The minimum absolute atomic E-state index is 0.208. The third-order valence-corrected chi connectivity index (χ3v) is 3.24. The fourth-order valence-corrected chi connectivity index (χ4v) is 2.07. The van der Waals surface area contributed by atoms with Gasteiger partial charge in [-0.1, -0.05) is 35.9 Å². The van der Waals surface area contributed by atoms with E-state index in [1.807, 2.05) is 0 Å². The number of aromatic nitrogens is 3. The summed E-state index contributed by atoms with van der Waals surface area (Å²) in [7, 11) is 0. The second kappa shape index (κ2) is 5.27. The third-order valence-electron chi connectivity index (χ3n) is 3.02. The van der Waals surface area contributed by atoms with Crippen LogP contribution in [-0.4, -0.2) is 14.8 Å². The minimum atomic E-state index is -0.208. The van der Waals surface area contributed by atoms with Gasteiger partial charge >= 0.3 is 0 Å². The monoisotopic (exact) mass is 296 g/mol. The molecule has 2 aromatic heterocycles. The van der Waals surface area contributed by atoms with Crippen LogP contribution in [0.1, 0.15) is 0 Å². The van der Waals surface area contributed by atoms with Gasteiger partial charge in [-0.3, -0.25) is 9.89 Å². The van der Waals surface area contributed by atoms with Gasteiger partial charge in [0.05, 0.1) is 17.2 Å². The van der Waals surface area contributed by atoms with Crippen LogP contribution in [0.3, 0.4) is 0 Å². The Labute approximate surface area is 125 Å². The fraction of sp³-hybridized carbons (Fsp3) is 0. The fourth-order valence-electron chi connectivity index (χ4n) is 1.96. The lowest BCUT2D eigenvalue weighted by atomic mass is 10.1. The number of hydrogen-bond donors (Lipinski definition) is 1. The van der Waals surface area contributed by atoms with Crippen molar-refractivity contribution in [3.05, 3.63) is 75.6 Å². The largest absolute Gasteiger partial charge is 0.296 e. The number of nitrogens with zero attached hydrogens (tertiary/aromatic N) is 3. The molecule has 2 heterocycles. The van der Waals surface area contributed by atoms with Crippen molar-refractivity contribution in [1.29, 1.82) is 0 Å². The summed E-state index contributed by atoms with van der Waals surface area (Å²) in [5.41, 5.74) is 1.59. The Morgan fingerprint density at radius 2 is 1.95 bits per heavy atom. The predicted molar refractivity (Wildman–Crippen MR) is 80.9 cm³/mol. The molecule has 0 amide bonds. The van der Waals surface area contributed by atoms with Gasteiger partial charge in [-0.05, 0) is 17.7 Å². The highest BCUT2D eigenvalue weighted by molar-refractivity contribution is 6.30. The van der Waals surface area contributed by atoms with Gasteiger partial charge in [-0.15, -0.1) is 0 Å². The molecule has 5 nitrogen and oxygen atoms in total. The van der Waals surface area contributed by atoms with E-state index in [0.717, 1.165) is 5.56 Å². The molecule has 0 unspecified atom stereocenters. The van der Waals surface area contributed by atoms with Crippen molar-refractivity contribution in [3.8, 4) is 16.9 Å². The maximum absolute atomic E-state index is 12.4. The number of pyridine rings is 1. The lowest BCUT2D eigenvalue weighted by Gasteiger charge is -1.99. The van der Waals surface area contributed by atoms with Gasteiger partial charge in [0.1, 0.15) is 0 Å². The first-order chi connectivity index (χ1) is 10.2. The quantitative estimate of drug-likeness (QED) is 0.737. The lowest BCUT2D eigenvalue weighted by molar-refractivity contribution is 0.819. The van der Waals surface area contributed by atoms with Gasteiger partial charge in [0.15, 0.2) is 11.5 Å². The van der Waals surface area contributed by atoms with Crippen molar-refractivity contribution in [1.82, 2.24) is 14.8 Å². The van der Waals surface area contributed by atoms with E-state index in [9.17, 15) is 4.79 Å². The summed E-state index contributed by atoms with van der Waals surface area (Å²) in [5, 5.41) is 3.38. The maximum Gasteiger partial charge on any atom is 0.280 e. The Kier molecular flexibility index (Phi) is 3.30. The standard InChI is InChI=1S/C15H9ClN4O/c1-17-12-5-2-10(3-6-12)13-9-19-20(15(13)21)14-7-4-11(16)8-18-14/h2-9,19H. The summed E-state index contributed by atoms with van der Waals surface area (Å²) in [6.07, 6.45) is 3.10. The first-order valence-electron chi connectivity index (χ1n) is 6.09. The van der Waals surface area contributed by atoms with Crippen molar-refractivity contribution in [2.24, 2.45) is 0 Å². The topological polar surface area (TPSA) is 55.0 Å². The molecule has 1 N–H and O–H groups in total. The van der Waals surface area contributed by atoms with Crippen LogP contribution >= 0.6 is 11.6 Å². The molecule has 6 heteroatoms. The molecule has 0 fully saturated rings. The second-order valence-electron chi connectivity index (χ2n) is 4.32. The number of nitrogens with one attached hydrogen (secondary N) is 1. The van der Waals surface area contributed by atoms with Gasteiger partial charge in [0.2, 0.25) is 0 Å². The van der Waals surface area contributed by atoms with Crippen LogP contribution in [0, 0.1) is 6.57 Å².